The molecular weight excluding hydrogens is 340 g/mol. The van der Waals surface area contributed by atoms with Gasteiger partial charge in [0.25, 0.3) is 0 Å². The summed E-state index contributed by atoms with van der Waals surface area (Å²) in [6.07, 6.45) is 0. The first-order valence-electron chi connectivity index (χ1n) is 7.31. The van der Waals surface area contributed by atoms with Crippen LogP contribution in [0.3, 0.4) is 0 Å². The Kier molecular flexibility index (Phi) is 9.04. The lowest BCUT2D eigenvalue weighted by atomic mass is 10.1. The Morgan fingerprint density at radius 1 is 1.17 bits per heavy atom. The molecule has 0 saturated heterocycles. The number of ether oxygens (including phenoxy) is 2. The summed E-state index contributed by atoms with van der Waals surface area (Å²) in [6, 6.07) is 7.32. The molecule has 0 bridgehead atoms. The summed E-state index contributed by atoms with van der Waals surface area (Å²) in [4.78, 5) is 1.96. The van der Waals surface area contributed by atoms with E-state index in [1.807, 2.05) is 31.1 Å². The first-order chi connectivity index (χ1) is 10.9. The Morgan fingerprint density at radius 3 is 2.39 bits per heavy atom. The highest BCUT2D eigenvalue weighted by Gasteiger charge is 2.18. The molecule has 1 rings (SSSR count). The van der Waals surface area contributed by atoms with Crippen LogP contribution in [0.1, 0.15) is 11.6 Å². The molecule has 0 saturated carbocycles. The van der Waals surface area contributed by atoms with Crippen molar-refractivity contribution in [1.29, 1.82) is 0 Å². The molecule has 0 aliphatic rings. The van der Waals surface area contributed by atoms with Gasteiger partial charge in [-0.1, -0.05) is 23.7 Å². The average Bonchev–Trinajstić information content (AvgIpc) is 2.48. The molecule has 1 unspecified atom stereocenters. The fraction of sp³-hybridized carbons (Fsp3) is 0.600. The second-order valence-electron chi connectivity index (χ2n) is 5.30. The summed E-state index contributed by atoms with van der Waals surface area (Å²) in [5.41, 5.74) is 0.999. The number of methoxy groups -OCH3 is 1. The van der Waals surface area contributed by atoms with Crippen molar-refractivity contribution in [3.63, 3.8) is 0 Å². The zero-order valence-electron chi connectivity index (χ0n) is 13.8. The molecule has 1 aromatic carbocycles. The van der Waals surface area contributed by atoms with Gasteiger partial charge in [0.15, 0.2) is 0 Å². The summed E-state index contributed by atoms with van der Waals surface area (Å²) >= 11 is 5.89. The van der Waals surface area contributed by atoms with Gasteiger partial charge in [0.05, 0.1) is 25.6 Å². The van der Waals surface area contributed by atoms with E-state index in [0.29, 0.717) is 18.2 Å². The van der Waals surface area contributed by atoms with Gasteiger partial charge in [-0.25, -0.2) is 13.1 Å². The minimum atomic E-state index is -3.38. The lowest BCUT2D eigenvalue weighted by Crippen LogP contribution is -2.36. The van der Waals surface area contributed by atoms with Gasteiger partial charge in [0, 0.05) is 24.7 Å². The van der Waals surface area contributed by atoms with Crippen molar-refractivity contribution in [3.8, 4) is 0 Å². The maximum absolute atomic E-state index is 12.0. The molecule has 0 aliphatic heterocycles. The third-order valence-electron chi connectivity index (χ3n) is 3.30. The number of hydrogen-bond acceptors (Lipinski definition) is 5. The van der Waals surface area contributed by atoms with Crippen LogP contribution in [0.2, 0.25) is 5.02 Å². The largest absolute Gasteiger partial charge is 0.382 e. The zero-order valence-corrected chi connectivity index (χ0v) is 15.4. The van der Waals surface area contributed by atoms with Crippen LogP contribution in [-0.4, -0.2) is 66.6 Å². The molecule has 1 aromatic rings. The molecule has 1 N–H and O–H groups in total. The van der Waals surface area contributed by atoms with Crippen LogP contribution in [0.25, 0.3) is 0 Å². The van der Waals surface area contributed by atoms with Gasteiger partial charge < -0.3 is 14.4 Å². The standard InChI is InChI=1S/C15H25ClN2O4S/c1-18(2)15(13-4-6-14(16)7-5-13)12-17-23(19,20)11-10-22-9-8-21-3/h4-7,15,17H,8-12H2,1-3H3. The minimum absolute atomic E-state index is 0.0719. The third-order valence-corrected chi connectivity index (χ3v) is 4.87. The fourth-order valence-corrected chi connectivity index (χ4v) is 2.99. The second kappa shape index (κ2) is 10.2. The third kappa shape index (κ3) is 8.10. The molecule has 0 aromatic heterocycles. The number of rotatable bonds is 11. The Hall–Kier alpha value is -0.700. The average molecular weight is 365 g/mol. The number of nitrogens with one attached hydrogen (secondary N) is 1. The molecule has 0 aliphatic carbocycles. The van der Waals surface area contributed by atoms with Gasteiger partial charge >= 0.3 is 0 Å². The van der Waals surface area contributed by atoms with Crippen LogP contribution < -0.4 is 4.72 Å². The Labute approximate surface area is 143 Å². The minimum Gasteiger partial charge on any atom is -0.382 e. The SMILES string of the molecule is COCCOCCS(=O)(=O)NCC(c1ccc(Cl)cc1)N(C)C. The van der Waals surface area contributed by atoms with Crippen LogP contribution in [0.4, 0.5) is 0 Å². The summed E-state index contributed by atoms with van der Waals surface area (Å²) < 4.78 is 36.7. The molecule has 0 radical (unpaired) electrons. The quantitative estimate of drug-likeness (QED) is 0.603. The van der Waals surface area contributed by atoms with Crippen LogP contribution >= 0.6 is 11.6 Å². The maximum Gasteiger partial charge on any atom is 0.213 e. The van der Waals surface area contributed by atoms with Crippen LogP contribution in [-0.2, 0) is 19.5 Å². The number of nitrogens with zero attached hydrogens (tertiary/aromatic N) is 1. The molecule has 0 spiro atoms. The van der Waals surface area contributed by atoms with Crippen molar-refractivity contribution in [2.45, 2.75) is 6.04 Å². The zero-order chi connectivity index (χ0) is 17.3. The van der Waals surface area contributed by atoms with E-state index in [4.69, 9.17) is 21.1 Å². The van der Waals surface area contributed by atoms with Crippen molar-refractivity contribution >= 4 is 21.6 Å². The van der Waals surface area contributed by atoms with E-state index in [0.717, 1.165) is 5.56 Å². The number of halogens is 1. The molecule has 0 fully saturated rings. The molecule has 0 heterocycles. The molecule has 8 heteroatoms. The van der Waals surface area contributed by atoms with Gasteiger partial charge in [0.1, 0.15) is 0 Å². The fourth-order valence-electron chi connectivity index (χ4n) is 1.97. The van der Waals surface area contributed by atoms with E-state index >= 15 is 0 Å². The summed E-state index contributed by atoms with van der Waals surface area (Å²) in [6.45, 7) is 1.27. The smallest absolute Gasteiger partial charge is 0.213 e. The van der Waals surface area contributed by atoms with Crippen LogP contribution in [0, 0.1) is 0 Å². The summed E-state index contributed by atoms with van der Waals surface area (Å²) in [7, 11) is 2.00. The van der Waals surface area contributed by atoms with Crippen LogP contribution in [0.15, 0.2) is 24.3 Å². The lowest BCUT2D eigenvalue weighted by molar-refractivity contribution is 0.0784. The molecule has 6 nitrogen and oxygen atoms in total. The normalized spacial score (nSPS) is 13.4. The number of benzene rings is 1. The Morgan fingerprint density at radius 2 is 1.83 bits per heavy atom. The van der Waals surface area contributed by atoms with Crippen molar-refractivity contribution in [1.82, 2.24) is 9.62 Å². The number of hydrogen-bond donors (Lipinski definition) is 1. The van der Waals surface area contributed by atoms with E-state index in [9.17, 15) is 8.42 Å². The molecule has 1 atom stereocenters. The van der Waals surface area contributed by atoms with Crippen LogP contribution in [0.5, 0.6) is 0 Å². The van der Waals surface area contributed by atoms with E-state index in [-0.39, 0.29) is 24.9 Å². The van der Waals surface area contributed by atoms with E-state index in [1.165, 1.54) is 0 Å². The molecule has 23 heavy (non-hydrogen) atoms. The summed E-state index contributed by atoms with van der Waals surface area (Å²) in [5.74, 6) is -0.0719. The van der Waals surface area contributed by atoms with E-state index < -0.39 is 10.0 Å². The second-order valence-corrected chi connectivity index (χ2v) is 7.67. The van der Waals surface area contributed by atoms with Gasteiger partial charge in [-0.05, 0) is 31.8 Å². The van der Waals surface area contributed by atoms with Gasteiger partial charge in [-0.3, -0.25) is 0 Å². The first-order valence-corrected chi connectivity index (χ1v) is 9.34. The highest BCUT2D eigenvalue weighted by Crippen LogP contribution is 2.20. The van der Waals surface area contributed by atoms with Gasteiger partial charge in [-0.15, -0.1) is 0 Å². The molecule has 132 valence electrons. The highest BCUT2D eigenvalue weighted by molar-refractivity contribution is 7.89. The van der Waals surface area contributed by atoms with Crippen molar-refractivity contribution in [2.75, 3.05) is 53.3 Å². The van der Waals surface area contributed by atoms with Crippen molar-refractivity contribution in [3.05, 3.63) is 34.9 Å². The van der Waals surface area contributed by atoms with E-state index in [1.54, 1.807) is 19.2 Å². The van der Waals surface area contributed by atoms with Crippen molar-refractivity contribution < 1.29 is 17.9 Å². The summed E-state index contributed by atoms with van der Waals surface area (Å²) in [5, 5.41) is 0.653. The van der Waals surface area contributed by atoms with Gasteiger partial charge in [-0.2, -0.15) is 0 Å². The number of likely N-dealkylation sites (N-methyl/N-ethyl adjacent to an activating group) is 1. The van der Waals surface area contributed by atoms with Gasteiger partial charge in [0.2, 0.25) is 10.0 Å². The Bertz CT molecular complexity index is 549. The molecule has 0 amide bonds. The lowest BCUT2D eigenvalue weighted by Gasteiger charge is -2.25. The number of sulfonamides is 1. The first kappa shape index (κ1) is 20.3. The van der Waals surface area contributed by atoms with E-state index in [2.05, 4.69) is 4.72 Å². The monoisotopic (exact) mass is 364 g/mol. The predicted molar refractivity (Wildman–Crippen MR) is 92.4 cm³/mol. The van der Waals surface area contributed by atoms with Crippen molar-refractivity contribution in [2.24, 2.45) is 0 Å². The Balaban J connectivity index is 2.52. The molecular formula is C15H25ClN2O4S. The highest BCUT2D eigenvalue weighted by atomic mass is 35.5. The predicted octanol–water partition coefficient (Wildman–Crippen LogP) is 1.53. The topological polar surface area (TPSA) is 67.9 Å². The maximum atomic E-state index is 12.0.